The molecule has 0 unspecified atom stereocenters. The minimum Gasteiger partial charge on any atom is -0.444 e. The summed E-state index contributed by atoms with van der Waals surface area (Å²) in [4.78, 5) is 23.3. The number of hydrogen-bond acceptors (Lipinski definition) is 3. The second-order valence-electron chi connectivity index (χ2n) is 5.97. The van der Waals surface area contributed by atoms with E-state index in [1.165, 1.54) is 0 Å². The zero-order valence-corrected chi connectivity index (χ0v) is 13.4. The van der Waals surface area contributed by atoms with E-state index in [1.807, 2.05) is 32.0 Å². The van der Waals surface area contributed by atoms with Crippen LogP contribution in [0.25, 0.3) is 0 Å². The van der Waals surface area contributed by atoms with E-state index in [4.69, 9.17) is 4.74 Å². The van der Waals surface area contributed by atoms with Crippen LogP contribution in [0.1, 0.15) is 38.3 Å². The van der Waals surface area contributed by atoms with Gasteiger partial charge < -0.3 is 15.4 Å². The Morgan fingerprint density at radius 3 is 2.48 bits per heavy atom. The Morgan fingerprint density at radius 2 is 1.86 bits per heavy atom. The zero-order chi connectivity index (χ0) is 16.0. The fraction of sp³-hybridized carbons (Fsp3) is 0.500. The van der Waals surface area contributed by atoms with E-state index in [2.05, 4.69) is 10.6 Å². The average molecular weight is 292 g/mol. The fourth-order valence-electron chi connectivity index (χ4n) is 1.69. The summed E-state index contributed by atoms with van der Waals surface area (Å²) in [6, 6.07) is 5.76. The SMILES string of the molecule is Cc1cccc(NC(=O)CCNC(=O)OC(C)(C)C)c1C. The molecule has 1 aromatic rings. The molecule has 0 aliphatic heterocycles. The maximum absolute atomic E-state index is 11.8. The van der Waals surface area contributed by atoms with Crippen LogP contribution in [0.4, 0.5) is 10.5 Å². The number of hydrogen-bond donors (Lipinski definition) is 2. The van der Waals surface area contributed by atoms with Crippen LogP contribution >= 0.6 is 0 Å². The number of benzene rings is 1. The van der Waals surface area contributed by atoms with Gasteiger partial charge in [-0.25, -0.2) is 4.79 Å². The van der Waals surface area contributed by atoms with Gasteiger partial charge in [-0.3, -0.25) is 4.79 Å². The van der Waals surface area contributed by atoms with Crippen molar-refractivity contribution < 1.29 is 14.3 Å². The molecule has 5 nitrogen and oxygen atoms in total. The summed E-state index contributed by atoms with van der Waals surface area (Å²) in [5, 5.41) is 5.40. The molecule has 0 saturated carbocycles. The van der Waals surface area contributed by atoms with Gasteiger partial charge in [0.25, 0.3) is 0 Å². The molecule has 0 aliphatic rings. The topological polar surface area (TPSA) is 67.4 Å². The first-order valence-electron chi connectivity index (χ1n) is 7.02. The lowest BCUT2D eigenvalue weighted by Crippen LogP contribution is -2.34. The van der Waals surface area contributed by atoms with Gasteiger partial charge in [0.05, 0.1) is 0 Å². The summed E-state index contributed by atoms with van der Waals surface area (Å²) >= 11 is 0. The predicted octanol–water partition coefficient (Wildman–Crippen LogP) is 3.16. The van der Waals surface area contributed by atoms with Crippen LogP contribution in [-0.4, -0.2) is 24.1 Å². The molecule has 0 aliphatic carbocycles. The Balaban J connectivity index is 2.38. The lowest BCUT2D eigenvalue weighted by Gasteiger charge is -2.19. The van der Waals surface area contributed by atoms with Crippen molar-refractivity contribution in [3.05, 3.63) is 29.3 Å². The molecule has 21 heavy (non-hydrogen) atoms. The Hall–Kier alpha value is -2.04. The van der Waals surface area contributed by atoms with E-state index in [-0.39, 0.29) is 18.9 Å². The maximum Gasteiger partial charge on any atom is 0.407 e. The van der Waals surface area contributed by atoms with Gasteiger partial charge in [0.2, 0.25) is 5.91 Å². The van der Waals surface area contributed by atoms with Crippen LogP contribution < -0.4 is 10.6 Å². The Labute approximate surface area is 126 Å². The van der Waals surface area contributed by atoms with Crippen LogP contribution in [0.2, 0.25) is 0 Å². The molecule has 0 saturated heterocycles. The van der Waals surface area contributed by atoms with Gasteiger partial charge in [0, 0.05) is 18.7 Å². The maximum atomic E-state index is 11.8. The highest BCUT2D eigenvalue weighted by atomic mass is 16.6. The van der Waals surface area contributed by atoms with Gasteiger partial charge >= 0.3 is 6.09 Å². The van der Waals surface area contributed by atoms with Crippen molar-refractivity contribution in [3.8, 4) is 0 Å². The number of alkyl carbamates (subject to hydrolysis) is 1. The standard InChI is InChI=1S/C16H24N2O3/c1-11-7-6-8-13(12(11)2)18-14(19)9-10-17-15(20)21-16(3,4)5/h6-8H,9-10H2,1-5H3,(H,17,20)(H,18,19). The third-order valence-corrected chi connectivity index (χ3v) is 2.90. The highest BCUT2D eigenvalue weighted by Gasteiger charge is 2.16. The van der Waals surface area contributed by atoms with Gasteiger partial charge in [-0.1, -0.05) is 12.1 Å². The number of carbonyl (C=O) groups excluding carboxylic acids is 2. The van der Waals surface area contributed by atoms with Crippen LogP contribution in [0.15, 0.2) is 18.2 Å². The van der Waals surface area contributed by atoms with Crippen molar-refractivity contribution in [2.45, 2.75) is 46.6 Å². The largest absolute Gasteiger partial charge is 0.444 e. The summed E-state index contributed by atoms with van der Waals surface area (Å²) in [6.07, 6.45) is -0.311. The summed E-state index contributed by atoms with van der Waals surface area (Å²) < 4.78 is 5.09. The highest BCUT2D eigenvalue weighted by Crippen LogP contribution is 2.17. The van der Waals surface area contributed by atoms with E-state index in [1.54, 1.807) is 20.8 Å². The van der Waals surface area contributed by atoms with E-state index in [0.29, 0.717) is 0 Å². The van der Waals surface area contributed by atoms with Crippen LogP contribution in [-0.2, 0) is 9.53 Å². The average Bonchev–Trinajstić information content (AvgIpc) is 2.32. The molecule has 0 spiro atoms. The molecule has 0 fully saturated rings. The molecule has 0 bridgehead atoms. The van der Waals surface area contributed by atoms with Crippen molar-refractivity contribution in [3.63, 3.8) is 0 Å². The number of carbonyl (C=O) groups is 2. The van der Waals surface area contributed by atoms with Crippen molar-refractivity contribution in [2.24, 2.45) is 0 Å². The lowest BCUT2D eigenvalue weighted by molar-refractivity contribution is -0.116. The predicted molar refractivity (Wildman–Crippen MR) is 83.4 cm³/mol. The first-order valence-corrected chi connectivity index (χ1v) is 7.02. The monoisotopic (exact) mass is 292 g/mol. The van der Waals surface area contributed by atoms with Crippen molar-refractivity contribution in [2.75, 3.05) is 11.9 Å². The van der Waals surface area contributed by atoms with Gasteiger partial charge in [-0.05, 0) is 51.8 Å². The molecule has 1 rings (SSSR count). The van der Waals surface area contributed by atoms with E-state index >= 15 is 0 Å². The molecule has 0 radical (unpaired) electrons. The van der Waals surface area contributed by atoms with Crippen LogP contribution in [0.3, 0.4) is 0 Å². The normalized spacial score (nSPS) is 10.9. The molecule has 0 atom stereocenters. The molecular formula is C16H24N2O3. The third-order valence-electron chi connectivity index (χ3n) is 2.90. The quantitative estimate of drug-likeness (QED) is 0.895. The first kappa shape index (κ1) is 17.0. The van der Waals surface area contributed by atoms with Gasteiger partial charge in [-0.2, -0.15) is 0 Å². The highest BCUT2D eigenvalue weighted by molar-refractivity contribution is 5.91. The number of nitrogens with one attached hydrogen (secondary N) is 2. The summed E-state index contributed by atoms with van der Waals surface area (Å²) in [5.41, 5.74) is 2.44. The smallest absolute Gasteiger partial charge is 0.407 e. The summed E-state index contributed by atoms with van der Waals surface area (Å²) in [5.74, 6) is -0.139. The molecule has 0 aromatic heterocycles. The summed E-state index contributed by atoms with van der Waals surface area (Å²) in [7, 11) is 0. The Bertz CT molecular complexity index is 519. The van der Waals surface area contributed by atoms with Crippen molar-refractivity contribution >= 4 is 17.7 Å². The molecule has 2 amide bonds. The lowest BCUT2D eigenvalue weighted by atomic mass is 10.1. The first-order chi connectivity index (χ1) is 9.69. The number of amides is 2. The minimum absolute atomic E-state index is 0.139. The molecule has 5 heteroatoms. The number of anilines is 1. The van der Waals surface area contributed by atoms with E-state index in [0.717, 1.165) is 16.8 Å². The van der Waals surface area contributed by atoms with E-state index in [9.17, 15) is 9.59 Å². The van der Waals surface area contributed by atoms with Crippen molar-refractivity contribution in [1.29, 1.82) is 0 Å². The molecular weight excluding hydrogens is 268 g/mol. The summed E-state index contributed by atoms with van der Waals surface area (Å²) in [6.45, 7) is 9.57. The molecule has 1 aromatic carbocycles. The van der Waals surface area contributed by atoms with Crippen LogP contribution in [0.5, 0.6) is 0 Å². The molecule has 116 valence electrons. The van der Waals surface area contributed by atoms with Gasteiger partial charge in [0.1, 0.15) is 5.60 Å². The van der Waals surface area contributed by atoms with Crippen LogP contribution in [0, 0.1) is 13.8 Å². The second kappa shape index (κ2) is 7.11. The van der Waals surface area contributed by atoms with Gasteiger partial charge in [-0.15, -0.1) is 0 Å². The number of ether oxygens (including phenoxy) is 1. The fourth-order valence-corrected chi connectivity index (χ4v) is 1.69. The second-order valence-corrected chi connectivity index (χ2v) is 5.97. The minimum atomic E-state index is -0.537. The molecule has 2 N–H and O–H groups in total. The zero-order valence-electron chi connectivity index (χ0n) is 13.4. The van der Waals surface area contributed by atoms with Gasteiger partial charge in [0.15, 0.2) is 0 Å². The van der Waals surface area contributed by atoms with Crippen molar-refractivity contribution in [1.82, 2.24) is 5.32 Å². The Kier molecular flexibility index (Phi) is 5.76. The number of aryl methyl sites for hydroxylation is 1. The third kappa shape index (κ3) is 6.29. The number of rotatable bonds is 4. The van der Waals surface area contributed by atoms with E-state index < -0.39 is 11.7 Å². The molecule has 0 heterocycles. The Morgan fingerprint density at radius 1 is 1.19 bits per heavy atom.